The summed E-state index contributed by atoms with van der Waals surface area (Å²) in [7, 11) is -4.54. The number of allylic oxidation sites excluding steroid dienone is 2. The number of hydrogen-bond donors (Lipinski definition) is 4. The number of nitrogens with zero attached hydrogens (tertiary/aromatic N) is 2. The van der Waals surface area contributed by atoms with E-state index in [1.807, 2.05) is 18.2 Å². The van der Waals surface area contributed by atoms with Gasteiger partial charge in [-0.2, -0.15) is 9.98 Å². The van der Waals surface area contributed by atoms with Gasteiger partial charge in [0.05, 0.1) is 6.10 Å². The van der Waals surface area contributed by atoms with Crippen molar-refractivity contribution in [3.05, 3.63) is 59.2 Å². The Labute approximate surface area is 239 Å². The predicted octanol–water partition coefficient (Wildman–Crippen LogP) is 3.48. The Morgan fingerprint density at radius 3 is 2.44 bits per heavy atom. The lowest BCUT2D eigenvalue weighted by molar-refractivity contribution is -0.244. The Morgan fingerprint density at radius 2 is 1.73 bits per heavy atom. The van der Waals surface area contributed by atoms with Crippen LogP contribution in [0.25, 0.3) is 27.7 Å². The number of ether oxygens (including phenoxy) is 1. The minimum absolute atomic E-state index is 0.0471. The maximum absolute atomic E-state index is 13.2. The molecule has 0 bridgehead atoms. The third-order valence-electron chi connectivity index (χ3n) is 7.93. The van der Waals surface area contributed by atoms with E-state index in [1.54, 1.807) is 25.1 Å². The molecule has 10 nitrogen and oxygen atoms in total. The van der Waals surface area contributed by atoms with Crippen molar-refractivity contribution < 1.29 is 32.9 Å². The second-order valence-electron chi connectivity index (χ2n) is 10.6. The first-order chi connectivity index (χ1) is 19.6. The van der Waals surface area contributed by atoms with Crippen molar-refractivity contribution in [2.45, 2.75) is 70.2 Å². The molecule has 41 heavy (non-hydrogen) atoms. The van der Waals surface area contributed by atoms with Crippen LogP contribution in [0.4, 0.5) is 5.69 Å². The van der Waals surface area contributed by atoms with Crippen molar-refractivity contribution in [1.82, 2.24) is 4.72 Å². The van der Waals surface area contributed by atoms with Crippen molar-refractivity contribution in [2.24, 2.45) is 0 Å². The van der Waals surface area contributed by atoms with Crippen LogP contribution in [0.5, 0.6) is 0 Å². The van der Waals surface area contributed by atoms with Crippen LogP contribution >= 0.6 is 0 Å². The molecule has 0 amide bonds. The molecule has 2 saturated heterocycles. The third kappa shape index (κ3) is 5.90. The lowest BCUT2D eigenvalue weighted by Gasteiger charge is -2.40. The molecule has 2 aromatic carbocycles. The number of piperidine rings is 1. The fraction of sp³-hybridized carbons (Fsp3) is 0.433. The number of furan rings is 1. The second-order valence-corrected chi connectivity index (χ2v) is 12.3. The zero-order valence-electron chi connectivity index (χ0n) is 23.0. The minimum Gasteiger partial charge on any atom is -0.456 e. The molecular weight excluding hydrogens is 546 g/mol. The van der Waals surface area contributed by atoms with Crippen molar-refractivity contribution in [3.63, 3.8) is 0 Å². The van der Waals surface area contributed by atoms with Gasteiger partial charge in [0, 0.05) is 29.9 Å². The topological polar surface area (TPSA) is 156 Å². The minimum atomic E-state index is -4.54. The number of rotatable bonds is 7. The van der Waals surface area contributed by atoms with Gasteiger partial charge in [0.2, 0.25) is 0 Å². The molecule has 4 N–H and O–H groups in total. The molecule has 2 aliphatic rings. The summed E-state index contributed by atoms with van der Waals surface area (Å²) < 4.78 is 39.7. The molecule has 5 atom stereocenters. The van der Waals surface area contributed by atoms with Crippen LogP contribution in [0.1, 0.15) is 45.3 Å². The van der Waals surface area contributed by atoms with Crippen LogP contribution in [0, 0.1) is 11.3 Å². The highest BCUT2D eigenvalue weighted by atomic mass is 32.2. The highest BCUT2D eigenvalue weighted by Gasteiger charge is 2.45. The summed E-state index contributed by atoms with van der Waals surface area (Å²) >= 11 is 0. The number of sulfonamides is 1. The summed E-state index contributed by atoms with van der Waals surface area (Å²) in [6.45, 7) is 5.27. The number of anilines is 1. The van der Waals surface area contributed by atoms with E-state index < -0.39 is 45.6 Å². The Hall–Kier alpha value is -3.24. The molecule has 218 valence electrons. The Balaban J connectivity index is 1.38. The fourth-order valence-electron chi connectivity index (χ4n) is 5.54. The van der Waals surface area contributed by atoms with Gasteiger partial charge in [-0.05, 0) is 73.7 Å². The quantitative estimate of drug-likeness (QED) is 0.307. The molecular formula is C30H35N3O7S. The molecule has 11 heteroatoms. The summed E-state index contributed by atoms with van der Waals surface area (Å²) in [6.07, 6.45) is -1.65. The van der Waals surface area contributed by atoms with Crippen LogP contribution in [0.15, 0.2) is 57.9 Å². The van der Waals surface area contributed by atoms with E-state index in [2.05, 4.69) is 27.8 Å². The van der Waals surface area contributed by atoms with Crippen molar-refractivity contribution in [1.29, 1.82) is 5.26 Å². The maximum Gasteiger partial charge on any atom is 0.251 e. The molecule has 0 aliphatic carbocycles. The number of aliphatic hydroxyl groups excluding tert-OH is 3. The van der Waals surface area contributed by atoms with Gasteiger partial charge in [0.15, 0.2) is 11.2 Å². The van der Waals surface area contributed by atoms with Crippen LogP contribution in [-0.4, -0.2) is 67.5 Å². The highest BCUT2D eigenvalue weighted by molar-refractivity contribution is 7.93. The van der Waals surface area contributed by atoms with Gasteiger partial charge in [0.25, 0.3) is 10.0 Å². The van der Waals surface area contributed by atoms with Gasteiger partial charge >= 0.3 is 0 Å². The standard InChI is InChI=1S/C30H35N3O7S/c1-3-23-28(34)29(35)27(30(36)40-23)32-41(37,38)26(17-31)18(2)24-11-12-25(39-24)21-8-7-20-16-22(10-9-19(20)15-21)33-13-5-4-6-14-33/h7-12,15-16,23,27-30,32,34-36H,3-6,13-14H2,1-2H3/b26-18+/t23-,27?,28-,29-,30?/m1/s1. The molecule has 0 spiro atoms. The number of benzene rings is 2. The average Bonchev–Trinajstić information content (AvgIpc) is 3.48. The molecule has 5 rings (SSSR count). The van der Waals surface area contributed by atoms with Crippen LogP contribution in [0.3, 0.4) is 0 Å². The summed E-state index contributed by atoms with van der Waals surface area (Å²) in [5.74, 6) is 0.679. The van der Waals surface area contributed by atoms with Gasteiger partial charge < -0.3 is 29.4 Å². The first-order valence-electron chi connectivity index (χ1n) is 13.8. The number of nitriles is 1. The summed E-state index contributed by atoms with van der Waals surface area (Å²) in [4.78, 5) is 1.77. The van der Waals surface area contributed by atoms with Crippen molar-refractivity contribution in [3.8, 4) is 17.4 Å². The molecule has 0 saturated carbocycles. The molecule has 2 unspecified atom stereocenters. The van der Waals surface area contributed by atoms with E-state index >= 15 is 0 Å². The summed E-state index contributed by atoms with van der Waals surface area (Å²) in [5, 5.41) is 42.9. The molecule has 3 aromatic rings. The maximum atomic E-state index is 13.2. The Kier molecular flexibility index (Phi) is 8.52. The Morgan fingerprint density at radius 1 is 1.02 bits per heavy atom. The smallest absolute Gasteiger partial charge is 0.251 e. The highest BCUT2D eigenvalue weighted by Crippen LogP contribution is 2.32. The predicted molar refractivity (Wildman–Crippen MR) is 155 cm³/mol. The van der Waals surface area contributed by atoms with Crippen LogP contribution in [-0.2, 0) is 14.8 Å². The third-order valence-corrected chi connectivity index (χ3v) is 9.45. The SMILES string of the molecule is CC[C@H]1OC(O)C(NS(=O)(=O)/C(C#N)=C(\C)c2ccc(-c3ccc4cc(N5CCCCC5)ccc4c3)o2)[C@@H](O)[C@@H]1O. The van der Waals surface area contributed by atoms with Gasteiger partial charge in [-0.1, -0.05) is 25.1 Å². The number of fused-ring (bicyclic) bond motifs is 1. The number of hydrogen-bond acceptors (Lipinski definition) is 9. The van der Waals surface area contributed by atoms with E-state index in [0.717, 1.165) is 29.4 Å². The van der Waals surface area contributed by atoms with Gasteiger partial charge in [0.1, 0.15) is 35.8 Å². The van der Waals surface area contributed by atoms with Crippen LogP contribution < -0.4 is 9.62 Å². The van der Waals surface area contributed by atoms with Gasteiger partial charge in [-0.3, -0.25) is 0 Å². The molecule has 2 aliphatic heterocycles. The van der Waals surface area contributed by atoms with Crippen molar-refractivity contribution in [2.75, 3.05) is 18.0 Å². The zero-order chi connectivity index (χ0) is 29.3. The van der Waals surface area contributed by atoms with Gasteiger partial charge in [-0.15, -0.1) is 0 Å². The van der Waals surface area contributed by atoms with Crippen molar-refractivity contribution >= 4 is 32.1 Å². The molecule has 1 aromatic heterocycles. The summed E-state index contributed by atoms with van der Waals surface area (Å²) in [6, 6.07) is 15.8. The normalized spacial score (nSPS) is 26.0. The average molecular weight is 582 g/mol. The van der Waals surface area contributed by atoms with Gasteiger partial charge in [-0.25, -0.2) is 8.42 Å². The lowest BCUT2D eigenvalue weighted by Crippen LogP contribution is -2.63. The largest absolute Gasteiger partial charge is 0.456 e. The molecule has 0 radical (unpaired) electrons. The number of nitrogens with one attached hydrogen (secondary N) is 1. The second kappa shape index (κ2) is 11.9. The lowest BCUT2D eigenvalue weighted by atomic mass is 9.96. The monoisotopic (exact) mass is 581 g/mol. The van der Waals surface area contributed by atoms with E-state index in [0.29, 0.717) is 12.2 Å². The van der Waals surface area contributed by atoms with E-state index in [-0.39, 0.29) is 11.3 Å². The van der Waals surface area contributed by atoms with E-state index in [9.17, 15) is 29.0 Å². The fourth-order valence-corrected chi connectivity index (χ4v) is 6.89. The van der Waals surface area contributed by atoms with E-state index in [1.165, 1.54) is 31.9 Å². The zero-order valence-corrected chi connectivity index (χ0v) is 23.8. The summed E-state index contributed by atoms with van der Waals surface area (Å²) in [5.41, 5.74) is 2.06. The van der Waals surface area contributed by atoms with Crippen LogP contribution in [0.2, 0.25) is 0 Å². The number of aliphatic hydroxyl groups is 3. The first kappa shape index (κ1) is 29.3. The van der Waals surface area contributed by atoms with E-state index in [4.69, 9.17) is 9.15 Å². The molecule has 3 heterocycles. The Bertz CT molecular complexity index is 1590. The first-order valence-corrected chi connectivity index (χ1v) is 15.3. The molecule has 2 fully saturated rings.